The Balaban J connectivity index is 5.25. The Bertz CT molecular complexity index is 2010. The Morgan fingerprint density at radius 2 is 0.434 bits per heavy atom. The molecule has 0 rings (SSSR count). The largest absolute Gasteiger partial charge is 0.472 e. The lowest BCUT2D eigenvalue weighted by Crippen LogP contribution is -2.30. The van der Waals surface area contributed by atoms with E-state index in [2.05, 4.69) is 34.6 Å². The monoisotopic (exact) mass is 1550 g/mol. The average Bonchev–Trinajstić information content (AvgIpc) is 0.901. The highest BCUT2D eigenvalue weighted by atomic mass is 31.2. The lowest BCUT2D eigenvalue weighted by Gasteiger charge is -2.21. The first-order valence-electron chi connectivity index (χ1n) is 45.1. The van der Waals surface area contributed by atoms with Gasteiger partial charge in [0.2, 0.25) is 0 Å². The second kappa shape index (κ2) is 79.7. The summed E-state index contributed by atoms with van der Waals surface area (Å²) < 4.78 is 69.0. The van der Waals surface area contributed by atoms with E-state index in [9.17, 15) is 43.2 Å². The van der Waals surface area contributed by atoms with Gasteiger partial charge in [-0.3, -0.25) is 37.3 Å². The number of carbonyl (C=O) groups is 4. The van der Waals surface area contributed by atoms with Crippen LogP contribution in [0, 0.1) is 5.92 Å². The van der Waals surface area contributed by atoms with Crippen molar-refractivity contribution in [1.29, 1.82) is 0 Å². The van der Waals surface area contributed by atoms with Crippen LogP contribution < -0.4 is 0 Å². The van der Waals surface area contributed by atoms with Crippen molar-refractivity contribution >= 4 is 39.5 Å². The van der Waals surface area contributed by atoms with E-state index in [1.807, 2.05) is 0 Å². The summed E-state index contributed by atoms with van der Waals surface area (Å²) in [5.74, 6) is -1.32. The standard InChI is InChI=1S/C87H170O17P2/c1-6-9-12-15-18-21-24-27-29-31-33-35-37-39-41-47-52-57-62-67-72-86(91)103-83(77-98-85(90)71-66-61-56-51-46-40-38-36-34-32-30-28-25-22-19-16-13-10-7-2)79-102-106(95,96)100-75-81(88)74-99-105(93,94)101-78-82(76-97-84(89)70-65-60-55-50-45-26-23-20-17-14-11-8-3)104-87(92)73-68-63-58-53-48-43-42-44-49-54-59-64-69-80(4)5/h80-83,88H,6-79H2,1-5H3,(H,93,94)(H,95,96)/t81-,82+,83+/m0/s1. The van der Waals surface area contributed by atoms with Gasteiger partial charge < -0.3 is 33.8 Å². The summed E-state index contributed by atoms with van der Waals surface area (Å²) in [6.07, 6.45) is 73.6. The molecule has 19 heteroatoms. The Labute approximate surface area is 651 Å². The van der Waals surface area contributed by atoms with Gasteiger partial charge in [-0.05, 0) is 31.6 Å². The molecule has 0 aromatic carbocycles. The summed E-state index contributed by atoms with van der Waals surface area (Å²) in [4.78, 5) is 73.3. The van der Waals surface area contributed by atoms with Crippen LogP contribution in [-0.4, -0.2) is 96.7 Å². The maximum atomic E-state index is 13.2. The number of carbonyl (C=O) groups excluding carboxylic acids is 4. The van der Waals surface area contributed by atoms with Crippen LogP contribution in [-0.2, 0) is 65.4 Å². The van der Waals surface area contributed by atoms with Gasteiger partial charge >= 0.3 is 39.5 Å². The lowest BCUT2D eigenvalue weighted by atomic mass is 10.0. The third-order valence-corrected chi connectivity index (χ3v) is 22.4. The molecule has 3 N–H and O–H groups in total. The molecule has 0 amide bonds. The van der Waals surface area contributed by atoms with E-state index in [4.69, 9.17) is 37.0 Å². The number of hydrogen-bond acceptors (Lipinski definition) is 15. The molecule has 17 nitrogen and oxygen atoms in total. The van der Waals surface area contributed by atoms with E-state index in [0.29, 0.717) is 25.7 Å². The van der Waals surface area contributed by atoms with Gasteiger partial charge in [-0.25, -0.2) is 9.13 Å². The van der Waals surface area contributed by atoms with E-state index in [0.717, 1.165) is 95.8 Å². The highest BCUT2D eigenvalue weighted by Crippen LogP contribution is 2.45. The number of rotatable bonds is 87. The summed E-state index contributed by atoms with van der Waals surface area (Å²) >= 11 is 0. The molecule has 0 aliphatic rings. The zero-order chi connectivity index (χ0) is 77.6. The van der Waals surface area contributed by atoms with Crippen molar-refractivity contribution in [1.82, 2.24) is 0 Å². The first-order valence-corrected chi connectivity index (χ1v) is 48.1. The fraction of sp³-hybridized carbons (Fsp3) is 0.954. The fourth-order valence-corrected chi connectivity index (χ4v) is 15.2. The van der Waals surface area contributed by atoms with E-state index < -0.39 is 97.5 Å². The third-order valence-electron chi connectivity index (χ3n) is 20.5. The van der Waals surface area contributed by atoms with Crippen LogP contribution >= 0.6 is 15.6 Å². The topological polar surface area (TPSA) is 237 Å². The van der Waals surface area contributed by atoms with Crippen LogP contribution in [0.4, 0.5) is 0 Å². The van der Waals surface area contributed by atoms with Gasteiger partial charge in [0.25, 0.3) is 0 Å². The first kappa shape index (κ1) is 104. The average molecular weight is 1550 g/mol. The van der Waals surface area contributed by atoms with Crippen LogP contribution in [0.5, 0.6) is 0 Å². The molecule has 5 atom stereocenters. The lowest BCUT2D eigenvalue weighted by molar-refractivity contribution is -0.161. The molecule has 0 aliphatic heterocycles. The molecule has 630 valence electrons. The summed E-state index contributed by atoms with van der Waals surface area (Å²) in [5.41, 5.74) is 0. The highest BCUT2D eigenvalue weighted by Gasteiger charge is 2.30. The maximum absolute atomic E-state index is 13.2. The maximum Gasteiger partial charge on any atom is 0.472 e. The molecule has 0 spiro atoms. The van der Waals surface area contributed by atoms with Crippen molar-refractivity contribution in [2.24, 2.45) is 5.92 Å². The number of unbranched alkanes of at least 4 members (excludes halogenated alkanes) is 59. The Kier molecular flexibility index (Phi) is 78.2. The third kappa shape index (κ3) is 80.1. The van der Waals surface area contributed by atoms with Crippen molar-refractivity contribution in [2.45, 2.75) is 490 Å². The van der Waals surface area contributed by atoms with Crippen molar-refractivity contribution in [2.75, 3.05) is 39.6 Å². The number of aliphatic hydroxyl groups excluding tert-OH is 1. The molecular formula is C87H170O17P2. The van der Waals surface area contributed by atoms with E-state index in [-0.39, 0.29) is 25.7 Å². The van der Waals surface area contributed by atoms with Gasteiger partial charge in [0, 0.05) is 25.7 Å². The van der Waals surface area contributed by atoms with Crippen molar-refractivity contribution in [3.8, 4) is 0 Å². The molecule has 106 heavy (non-hydrogen) atoms. The van der Waals surface area contributed by atoms with E-state index in [1.165, 1.54) is 295 Å². The molecular weight excluding hydrogens is 1380 g/mol. The highest BCUT2D eigenvalue weighted by molar-refractivity contribution is 7.47. The normalized spacial score (nSPS) is 13.7. The van der Waals surface area contributed by atoms with Gasteiger partial charge in [0.1, 0.15) is 19.3 Å². The van der Waals surface area contributed by atoms with Crippen LogP contribution in [0.15, 0.2) is 0 Å². The van der Waals surface area contributed by atoms with Gasteiger partial charge in [0.15, 0.2) is 12.2 Å². The van der Waals surface area contributed by atoms with Gasteiger partial charge in [-0.15, -0.1) is 0 Å². The zero-order valence-electron chi connectivity index (χ0n) is 69.6. The zero-order valence-corrected chi connectivity index (χ0v) is 71.4. The second-order valence-electron chi connectivity index (χ2n) is 31.8. The molecule has 0 aromatic rings. The van der Waals surface area contributed by atoms with Crippen LogP contribution in [0.2, 0.25) is 0 Å². The number of phosphoric acid groups is 2. The second-order valence-corrected chi connectivity index (χ2v) is 34.7. The number of aliphatic hydroxyl groups is 1. The summed E-state index contributed by atoms with van der Waals surface area (Å²) in [5, 5.41) is 10.7. The molecule has 0 bridgehead atoms. The molecule has 0 aromatic heterocycles. The fourth-order valence-electron chi connectivity index (χ4n) is 13.6. The summed E-state index contributed by atoms with van der Waals surface area (Å²) in [6, 6.07) is 0. The number of phosphoric ester groups is 2. The van der Waals surface area contributed by atoms with E-state index in [1.54, 1.807) is 0 Å². The Morgan fingerprint density at radius 1 is 0.255 bits per heavy atom. The first-order chi connectivity index (χ1) is 51.5. The minimum atomic E-state index is -4.97. The minimum Gasteiger partial charge on any atom is -0.462 e. The van der Waals surface area contributed by atoms with Crippen LogP contribution in [0.3, 0.4) is 0 Å². The van der Waals surface area contributed by atoms with Crippen LogP contribution in [0.25, 0.3) is 0 Å². The SMILES string of the molecule is CCCCCCCCCCCCCCCCCCCCCCC(=O)O[C@H](COC(=O)CCCCCCCCCCCCCCCCCCCCC)COP(=O)(O)OC[C@@H](O)COP(=O)(O)OC[C@@H](COC(=O)CCCCCCCCCCCCCC)OC(=O)CCCCCCCCCCCCCCC(C)C. The predicted octanol–water partition coefficient (Wildman–Crippen LogP) is 26.8. The molecule has 2 unspecified atom stereocenters. The summed E-state index contributed by atoms with van der Waals surface area (Å²) in [7, 11) is -9.93. The number of hydrogen-bond donors (Lipinski definition) is 3. The Hall–Kier alpha value is -1.94. The number of esters is 4. The molecule has 0 radical (unpaired) electrons. The number of ether oxygens (including phenoxy) is 4. The van der Waals surface area contributed by atoms with Crippen LogP contribution in [0.1, 0.15) is 471 Å². The van der Waals surface area contributed by atoms with Gasteiger partial charge in [-0.2, -0.15) is 0 Å². The van der Waals surface area contributed by atoms with Crippen molar-refractivity contribution in [3.05, 3.63) is 0 Å². The van der Waals surface area contributed by atoms with Crippen molar-refractivity contribution < 1.29 is 80.2 Å². The van der Waals surface area contributed by atoms with Gasteiger partial charge in [-0.1, -0.05) is 420 Å². The van der Waals surface area contributed by atoms with Crippen molar-refractivity contribution in [3.63, 3.8) is 0 Å². The van der Waals surface area contributed by atoms with E-state index >= 15 is 0 Å². The minimum absolute atomic E-state index is 0.108. The quantitative estimate of drug-likeness (QED) is 0.0222. The summed E-state index contributed by atoms with van der Waals surface area (Å²) in [6.45, 7) is 7.38. The molecule has 0 saturated heterocycles. The molecule has 0 aliphatic carbocycles. The molecule has 0 saturated carbocycles. The van der Waals surface area contributed by atoms with Gasteiger partial charge in [0.05, 0.1) is 26.4 Å². The Morgan fingerprint density at radius 3 is 0.642 bits per heavy atom. The predicted molar refractivity (Wildman–Crippen MR) is 437 cm³/mol. The molecule has 0 fully saturated rings. The molecule has 0 heterocycles. The smallest absolute Gasteiger partial charge is 0.462 e.